The van der Waals surface area contributed by atoms with Crippen LogP contribution in [0, 0.1) is 5.92 Å². The van der Waals surface area contributed by atoms with Crippen LogP contribution >= 0.6 is 22.6 Å². The van der Waals surface area contributed by atoms with Gasteiger partial charge in [-0.2, -0.15) is 0 Å². The fraction of sp³-hybridized carbons (Fsp3) is 1.00. The van der Waals surface area contributed by atoms with Gasteiger partial charge in [0.2, 0.25) is 0 Å². The molecule has 3 aliphatic heterocycles. The van der Waals surface area contributed by atoms with E-state index in [4.69, 9.17) is 0 Å². The Morgan fingerprint density at radius 2 is 1.90 bits per heavy atom. The molecule has 0 saturated carbocycles. The van der Waals surface area contributed by atoms with Crippen LogP contribution in [-0.2, 0) is 0 Å². The van der Waals surface area contributed by atoms with Crippen molar-refractivity contribution in [2.75, 3.05) is 26.7 Å². The van der Waals surface area contributed by atoms with Gasteiger partial charge in [-0.25, -0.2) is 0 Å². The number of piperidine rings is 3. The Kier molecular flexibility index (Phi) is 1.72. The molecule has 0 spiro atoms. The molecule has 0 radical (unpaired) electrons. The van der Waals surface area contributed by atoms with Crippen LogP contribution < -0.4 is 0 Å². The number of hydrogen-bond donors (Lipinski definition) is 0. The zero-order valence-corrected chi connectivity index (χ0v) is 8.67. The average Bonchev–Trinajstić information content (AvgIpc) is 1.87. The second-order valence-corrected chi connectivity index (χ2v) is 5.70. The van der Waals surface area contributed by atoms with E-state index in [0.29, 0.717) is 0 Å². The zero-order valence-electron chi connectivity index (χ0n) is 6.52. The standard InChI is InChI=1S/C8H15IN/c1-10-4-2-7(3-5-10)8(9)6-10/h7-8H,2-6H2,1H3/q+1/t7?,8-,10?/m1/s1. The molecule has 3 saturated heterocycles. The fourth-order valence-electron chi connectivity index (χ4n) is 2.33. The molecule has 0 aromatic heterocycles. The summed E-state index contributed by atoms with van der Waals surface area (Å²) in [5.41, 5.74) is 0. The minimum Gasteiger partial charge on any atom is -0.325 e. The summed E-state index contributed by atoms with van der Waals surface area (Å²) in [6.07, 6.45) is 2.98. The number of halogens is 1. The van der Waals surface area contributed by atoms with E-state index in [1.165, 1.54) is 37.0 Å². The second-order valence-electron chi connectivity index (χ2n) is 4.10. The molecule has 3 rings (SSSR count). The maximum Gasteiger partial charge on any atom is 0.0906 e. The van der Waals surface area contributed by atoms with E-state index in [1.807, 2.05) is 0 Å². The molecule has 1 nitrogen and oxygen atoms in total. The number of nitrogens with zero attached hydrogens (tertiary/aromatic N) is 1. The lowest BCUT2D eigenvalue weighted by molar-refractivity contribution is -0.923. The Labute approximate surface area is 76.5 Å². The summed E-state index contributed by atoms with van der Waals surface area (Å²) in [5.74, 6) is 1.07. The Balaban J connectivity index is 2.14. The first-order valence-corrected chi connectivity index (χ1v) is 5.42. The first-order valence-electron chi connectivity index (χ1n) is 4.17. The van der Waals surface area contributed by atoms with Crippen molar-refractivity contribution in [3.05, 3.63) is 0 Å². The van der Waals surface area contributed by atoms with E-state index in [1.54, 1.807) is 0 Å². The van der Waals surface area contributed by atoms with Gasteiger partial charge < -0.3 is 4.48 Å². The monoisotopic (exact) mass is 252 g/mol. The van der Waals surface area contributed by atoms with Gasteiger partial charge in [-0.05, 0) is 5.92 Å². The summed E-state index contributed by atoms with van der Waals surface area (Å²) in [5, 5.41) is 0. The quantitative estimate of drug-likeness (QED) is 0.349. The second kappa shape index (κ2) is 2.34. The smallest absolute Gasteiger partial charge is 0.0906 e. The number of fused-ring (bicyclic) bond motifs is 3. The van der Waals surface area contributed by atoms with E-state index in [9.17, 15) is 0 Å². The molecule has 2 heteroatoms. The van der Waals surface area contributed by atoms with E-state index < -0.39 is 0 Å². The number of hydrogen-bond acceptors (Lipinski definition) is 0. The lowest BCUT2D eigenvalue weighted by atomic mass is 9.86. The van der Waals surface area contributed by atoms with Crippen molar-refractivity contribution in [1.29, 1.82) is 0 Å². The largest absolute Gasteiger partial charge is 0.325 e. The Bertz CT molecular complexity index is 138. The van der Waals surface area contributed by atoms with Crippen molar-refractivity contribution in [2.24, 2.45) is 5.92 Å². The summed E-state index contributed by atoms with van der Waals surface area (Å²) < 4.78 is 2.34. The molecule has 58 valence electrons. The highest BCUT2D eigenvalue weighted by Crippen LogP contribution is 2.36. The molecule has 3 heterocycles. The maximum atomic E-state index is 2.64. The van der Waals surface area contributed by atoms with Crippen LogP contribution in [0.5, 0.6) is 0 Å². The van der Waals surface area contributed by atoms with Crippen LogP contribution in [-0.4, -0.2) is 35.1 Å². The topological polar surface area (TPSA) is 0 Å². The summed E-state index contributed by atoms with van der Waals surface area (Å²) >= 11 is 2.64. The lowest BCUT2D eigenvalue weighted by Gasteiger charge is -2.49. The number of quaternary nitrogens is 1. The van der Waals surface area contributed by atoms with Crippen molar-refractivity contribution in [1.82, 2.24) is 0 Å². The van der Waals surface area contributed by atoms with Gasteiger partial charge in [0, 0.05) is 12.8 Å². The molecule has 3 fully saturated rings. The van der Waals surface area contributed by atoms with E-state index >= 15 is 0 Å². The summed E-state index contributed by atoms with van der Waals surface area (Å²) in [6.45, 7) is 4.33. The molecule has 1 atom stereocenters. The Morgan fingerprint density at radius 3 is 2.20 bits per heavy atom. The normalized spacial score (nSPS) is 53.4. The van der Waals surface area contributed by atoms with Crippen LogP contribution in [0.25, 0.3) is 0 Å². The molecule has 3 aliphatic rings. The van der Waals surface area contributed by atoms with Crippen LogP contribution in [0.15, 0.2) is 0 Å². The van der Waals surface area contributed by atoms with Gasteiger partial charge in [-0.3, -0.25) is 0 Å². The summed E-state index contributed by atoms with van der Waals surface area (Å²) in [7, 11) is 2.42. The van der Waals surface area contributed by atoms with Crippen molar-refractivity contribution in [3.8, 4) is 0 Å². The maximum absolute atomic E-state index is 2.64. The molecule has 10 heavy (non-hydrogen) atoms. The van der Waals surface area contributed by atoms with Gasteiger partial charge in [0.15, 0.2) is 0 Å². The highest BCUT2D eigenvalue weighted by atomic mass is 127. The summed E-state index contributed by atoms with van der Waals surface area (Å²) in [6, 6.07) is 0. The van der Waals surface area contributed by atoms with Crippen molar-refractivity contribution in [3.63, 3.8) is 0 Å². The highest BCUT2D eigenvalue weighted by molar-refractivity contribution is 14.1. The van der Waals surface area contributed by atoms with Gasteiger partial charge >= 0.3 is 0 Å². The first kappa shape index (κ1) is 7.35. The lowest BCUT2D eigenvalue weighted by Crippen LogP contribution is -2.59. The van der Waals surface area contributed by atoms with Gasteiger partial charge in [0.25, 0.3) is 0 Å². The van der Waals surface area contributed by atoms with Crippen LogP contribution in [0.2, 0.25) is 0 Å². The molecule has 2 bridgehead atoms. The third-order valence-electron chi connectivity index (χ3n) is 3.21. The minimum absolute atomic E-state index is 0.977. The number of alkyl halides is 1. The van der Waals surface area contributed by atoms with Crippen molar-refractivity contribution >= 4 is 22.6 Å². The van der Waals surface area contributed by atoms with Crippen molar-refractivity contribution < 1.29 is 4.48 Å². The molecule has 0 aromatic rings. The van der Waals surface area contributed by atoms with E-state index in [0.717, 1.165) is 9.84 Å². The fourth-order valence-corrected chi connectivity index (χ4v) is 4.00. The zero-order chi connectivity index (χ0) is 7.19. The van der Waals surface area contributed by atoms with E-state index in [-0.39, 0.29) is 0 Å². The van der Waals surface area contributed by atoms with Crippen LogP contribution in [0.1, 0.15) is 12.8 Å². The molecule has 0 amide bonds. The molecule has 0 aromatic carbocycles. The third-order valence-corrected chi connectivity index (χ3v) is 4.62. The molecular weight excluding hydrogens is 237 g/mol. The molecule has 0 unspecified atom stereocenters. The van der Waals surface area contributed by atoms with Gasteiger partial charge in [0.05, 0.1) is 30.6 Å². The number of rotatable bonds is 0. The third kappa shape index (κ3) is 1.09. The van der Waals surface area contributed by atoms with Crippen LogP contribution in [0.4, 0.5) is 0 Å². The summed E-state index contributed by atoms with van der Waals surface area (Å²) in [4.78, 5) is 0. The average molecular weight is 252 g/mol. The predicted molar refractivity (Wildman–Crippen MR) is 51.3 cm³/mol. The highest BCUT2D eigenvalue weighted by Gasteiger charge is 2.41. The molecule has 0 aliphatic carbocycles. The van der Waals surface area contributed by atoms with Crippen LogP contribution in [0.3, 0.4) is 0 Å². The minimum atomic E-state index is 0.977. The van der Waals surface area contributed by atoms with Gasteiger partial charge in [-0.1, -0.05) is 22.6 Å². The van der Waals surface area contributed by atoms with Crippen molar-refractivity contribution in [2.45, 2.75) is 16.8 Å². The Hall–Kier alpha value is 0.690. The molecular formula is C8H15IN+. The van der Waals surface area contributed by atoms with Gasteiger partial charge in [0.1, 0.15) is 0 Å². The van der Waals surface area contributed by atoms with Gasteiger partial charge in [-0.15, -0.1) is 0 Å². The Morgan fingerprint density at radius 1 is 1.30 bits per heavy atom. The first-order chi connectivity index (χ1) is 4.70. The SMILES string of the molecule is C[N+]12CCC(CC1)[C@H](I)C2. The molecule has 0 N–H and O–H groups in total. The predicted octanol–water partition coefficient (Wildman–Crippen LogP) is 1.66. The van der Waals surface area contributed by atoms with E-state index in [2.05, 4.69) is 29.6 Å².